The largest absolute Gasteiger partial charge is 0.299 e. The minimum Gasteiger partial charge on any atom is -0.299 e. The topological polar surface area (TPSA) is 17.1 Å². The van der Waals surface area contributed by atoms with E-state index in [1.165, 1.54) is 56.1 Å². The first-order chi connectivity index (χ1) is 11.8. The van der Waals surface area contributed by atoms with Gasteiger partial charge >= 0.3 is 0 Å². The number of rotatable bonds is 11. The number of hydrogen-bond acceptors (Lipinski definition) is 1. The molecule has 1 aliphatic rings. The Kier molecular flexibility index (Phi) is 10.4. The molecule has 0 spiro atoms. The molecule has 0 fully saturated rings. The molecule has 4 atom stereocenters. The van der Waals surface area contributed by atoms with Gasteiger partial charge in [0.25, 0.3) is 0 Å². The molecule has 1 aliphatic carbocycles. The molecule has 0 aromatic carbocycles. The van der Waals surface area contributed by atoms with Gasteiger partial charge in [-0.05, 0) is 77.0 Å². The lowest BCUT2D eigenvalue weighted by Gasteiger charge is -2.27. The molecule has 0 bridgehead atoms. The highest BCUT2D eigenvalue weighted by Crippen LogP contribution is 2.32. The average molecular weight is 347 g/mol. The van der Waals surface area contributed by atoms with Gasteiger partial charge in [-0.1, -0.05) is 56.9 Å². The minimum atomic E-state index is 0.244. The van der Waals surface area contributed by atoms with E-state index in [0.29, 0.717) is 11.7 Å². The Bertz CT molecular complexity index is 453. The lowest BCUT2D eigenvalue weighted by molar-refractivity contribution is -0.123. The molecule has 0 saturated heterocycles. The molecular weight excluding hydrogens is 304 g/mol. The SMILES string of the molecule is CC(C)=CCCC(C)CCCC(C)C(=O)CC(C)C1CC=C(C)CC1. The molecule has 1 nitrogen and oxygen atoms in total. The Labute approximate surface area is 157 Å². The van der Waals surface area contributed by atoms with E-state index in [0.717, 1.165) is 24.7 Å². The highest BCUT2D eigenvalue weighted by molar-refractivity contribution is 5.80. The molecule has 0 amide bonds. The van der Waals surface area contributed by atoms with E-state index in [9.17, 15) is 4.79 Å². The van der Waals surface area contributed by atoms with Crippen molar-refractivity contribution in [3.8, 4) is 0 Å². The van der Waals surface area contributed by atoms with E-state index in [2.05, 4.69) is 53.7 Å². The second kappa shape index (κ2) is 11.7. The van der Waals surface area contributed by atoms with Crippen molar-refractivity contribution in [3.05, 3.63) is 23.3 Å². The van der Waals surface area contributed by atoms with E-state index in [4.69, 9.17) is 0 Å². The third kappa shape index (κ3) is 9.42. The molecule has 0 saturated carbocycles. The first-order valence-corrected chi connectivity index (χ1v) is 10.6. The Morgan fingerprint density at radius 3 is 2.52 bits per heavy atom. The molecule has 0 heterocycles. The molecule has 4 unspecified atom stereocenters. The summed E-state index contributed by atoms with van der Waals surface area (Å²) >= 11 is 0. The van der Waals surface area contributed by atoms with Gasteiger partial charge in [-0.25, -0.2) is 0 Å². The third-order valence-electron chi connectivity index (χ3n) is 6.10. The molecule has 144 valence electrons. The Balaban J connectivity index is 2.22. The van der Waals surface area contributed by atoms with Crippen LogP contribution in [0.15, 0.2) is 23.3 Å². The van der Waals surface area contributed by atoms with Gasteiger partial charge in [0, 0.05) is 12.3 Å². The van der Waals surface area contributed by atoms with Crippen molar-refractivity contribution in [1.82, 2.24) is 0 Å². The predicted octanol–water partition coefficient (Wildman–Crippen LogP) is 7.52. The lowest BCUT2D eigenvalue weighted by atomic mass is 9.78. The van der Waals surface area contributed by atoms with Crippen LogP contribution in [0.3, 0.4) is 0 Å². The molecule has 0 radical (unpaired) electrons. The quantitative estimate of drug-likeness (QED) is 0.354. The summed E-state index contributed by atoms with van der Waals surface area (Å²) in [6, 6.07) is 0. The monoisotopic (exact) mass is 346 g/mol. The average Bonchev–Trinajstić information content (AvgIpc) is 2.54. The Morgan fingerprint density at radius 1 is 1.20 bits per heavy atom. The van der Waals surface area contributed by atoms with Crippen molar-refractivity contribution >= 4 is 5.78 Å². The number of ketones is 1. The first-order valence-electron chi connectivity index (χ1n) is 10.6. The lowest BCUT2D eigenvalue weighted by Crippen LogP contribution is -2.21. The second-order valence-electron chi connectivity index (χ2n) is 9.03. The van der Waals surface area contributed by atoms with Crippen LogP contribution in [0, 0.1) is 23.7 Å². The van der Waals surface area contributed by atoms with Crippen molar-refractivity contribution in [2.24, 2.45) is 23.7 Å². The van der Waals surface area contributed by atoms with E-state index in [-0.39, 0.29) is 5.92 Å². The molecule has 0 aromatic rings. The van der Waals surface area contributed by atoms with Gasteiger partial charge in [0.05, 0.1) is 0 Å². The van der Waals surface area contributed by atoms with Crippen molar-refractivity contribution in [2.75, 3.05) is 0 Å². The van der Waals surface area contributed by atoms with Crippen molar-refractivity contribution in [3.63, 3.8) is 0 Å². The van der Waals surface area contributed by atoms with Gasteiger partial charge < -0.3 is 0 Å². The van der Waals surface area contributed by atoms with Gasteiger partial charge in [0.1, 0.15) is 5.78 Å². The van der Waals surface area contributed by atoms with Crippen molar-refractivity contribution in [1.29, 1.82) is 0 Å². The fourth-order valence-electron chi connectivity index (χ4n) is 3.92. The van der Waals surface area contributed by atoms with Crippen molar-refractivity contribution in [2.45, 2.75) is 99.3 Å². The fourth-order valence-corrected chi connectivity index (χ4v) is 3.92. The number of carbonyl (C=O) groups excluding carboxylic acids is 1. The van der Waals surface area contributed by atoms with Gasteiger partial charge in [0.15, 0.2) is 0 Å². The molecule has 1 rings (SSSR count). The maximum atomic E-state index is 12.6. The normalized spacial score (nSPS) is 21.2. The van der Waals surface area contributed by atoms with Gasteiger partial charge in [-0.3, -0.25) is 4.79 Å². The highest BCUT2D eigenvalue weighted by Gasteiger charge is 2.23. The predicted molar refractivity (Wildman–Crippen MR) is 111 cm³/mol. The number of Topliss-reactive ketones (excluding diaryl/α,β-unsaturated/α-hetero) is 1. The van der Waals surface area contributed by atoms with Crippen LogP contribution in [0.5, 0.6) is 0 Å². The van der Waals surface area contributed by atoms with Gasteiger partial charge in [-0.15, -0.1) is 0 Å². The summed E-state index contributed by atoms with van der Waals surface area (Å²) in [5.74, 6) is 2.77. The second-order valence-corrected chi connectivity index (χ2v) is 9.03. The number of carbonyl (C=O) groups is 1. The highest BCUT2D eigenvalue weighted by atomic mass is 16.1. The van der Waals surface area contributed by atoms with Crippen LogP contribution in [0.4, 0.5) is 0 Å². The van der Waals surface area contributed by atoms with Crippen LogP contribution < -0.4 is 0 Å². The Hall–Kier alpha value is -0.850. The summed E-state index contributed by atoms with van der Waals surface area (Å²) < 4.78 is 0. The van der Waals surface area contributed by atoms with Gasteiger partial charge in [-0.2, -0.15) is 0 Å². The van der Waals surface area contributed by atoms with E-state index >= 15 is 0 Å². The molecule has 25 heavy (non-hydrogen) atoms. The molecular formula is C24H42O. The summed E-state index contributed by atoms with van der Waals surface area (Å²) in [4.78, 5) is 12.6. The fraction of sp³-hybridized carbons (Fsp3) is 0.792. The third-order valence-corrected chi connectivity index (χ3v) is 6.10. The van der Waals surface area contributed by atoms with Crippen LogP contribution in [0.1, 0.15) is 99.3 Å². The van der Waals surface area contributed by atoms with E-state index in [1.54, 1.807) is 0 Å². The van der Waals surface area contributed by atoms with Crippen LogP contribution in [0.25, 0.3) is 0 Å². The number of allylic oxidation sites excluding steroid dienone is 4. The molecule has 0 aliphatic heterocycles. The van der Waals surface area contributed by atoms with Crippen LogP contribution in [0.2, 0.25) is 0 Å². The zero-order chi connectivity index (χ0) is 18.8. The van der Waals surface area contributed by atoms with Crippen LogP contribution >= 0.6 is 0 Å². The maximum absolute atomic E-state index is 12.6. The zero-order valence-corrected chi connectivity index (χ0v) is 17.7. The summed E-state index contributed by atoms with van der Waals surface area (Å²) in [5.41, 5.74) is 2.95. The molecule has 1 heteroatoms. The van der Waals surface area contributed by atoms with Gasteiger partial charge in [0.2, 0.25) is 0 Å². The molecule has 0 aromatic heterocycles. The maximum Gasteiger partial charge on any atom is 0.135 e. The first kappa shape index (κ1) is 22.2. The van der Waals surface area contributed by atoms with Crippen LogP contribution in [-0.2, 0) is 4.79 Å². The summed E-state index contributed by atoms with van der Waals surface area (Å²) in [6.45, 7) is 13.4. The smallest absolute Gasteiger partial charge is 0.135 e. The minimum absolute atomic E-state index is 0.244. The summed E-state index contributed by atoms with van der Waals surface area (Å²) in [5, 5.41) is 0. The standard InChI is InChI=1S/C24H42O/c1-18(2)9-7-10-19(3)11-8-12-21(5)24(25)17-22(6)23-15-13-20(4)14-16-23/h9,13,19,21-23H,7-8,10-12,14-17H2,1-6H3. The Morgan fingerprint density at radius 2 is 1.92 bits per heavy atom. The molecule has 0 N–H and O–H groups in total. The zero-order valence-electron chi connectivity index (χ0n) is 17.7. The van der Waals surface area contributed by atoms with Crippen molar-refractivity contribution < 1.29 is 4.79 Å². The summed E-state index contributed by atoms with van der Waals surface area (Å²) in [6.07, 6.45) is 15.2. The van der Waals surface area contributed by atoms with E-state index in [1.807, 2.05) is 0 Å². The number of hydrogen-bond donors (Lipinski definition) is 0. The van der Waals surface area contributed by atoms with E-state index < -0.39 is 0 Å². The summed E-state index contributed by atoms with van der Waals surface area (Å²) in [7, 11) is 0. The van der Waals surface area contributed by atoms with Crippen LogP contribution in [-0.4, -0.2) is 5.78 Å².